The average molecular weight is 617 g/mol. The zero-order valence-corrected chi connectivity index (χ0v) is 28.2. The van der Waals surface area contributed by atoms with Gasteiger partial charge in [0.25, 0.3) is 0 Å². The van der Waals surface area contributed by atoms with E-state index in [0.29, 0.717) is 19.3 Å². The van der Waals surface area contributed by atoms with Crippen molar-refractivity contribution in [2.24, 2.45) is 5.92 Å². The highest BCUT2D eigenvalue weighted by molar-refractivity contribution is 5.69. The smallest absolute Gasteiger partial charge is 0.305 e. The van der Waals surface area contributed by atoms with Crippen LogP contribution in [0.4, 0.5) is 0 Å². The van der Waals surface area contributed by atoms with Gasteiger partial charge < -0.3 is 19.7 Å². The third-order valence-corrected chi connectivity index (χ3v) is 7.02. The van der Waals surface area contributed by atoms with E-state index in [0.717, 1.165) is 50.9 Å². The Bertz CT molecular complexity index is 823. The second-order valence-corrected chi connectivity index (χ2v) is 11.9. The minimum absolute atomic E-state index is 0.146. The highest BCUT2D eigenvalue weighted by atomic mass is 16.6. The van der Waals surface area contributed by atoms with Crippen LogP contribution in [0.1, 0.15) is 136 Å². The lowest BCUT2D eigenvalue weighted by molar-refractivity contribution is -0.152. The van der Waals surface area contributed by atoms with Crippen LogP contribution in [0.25, 0.3) is 0 Å². The van der Waals surface area contributed by atoms with E-state index in [1.54, 1.807) is 0 Å². The predicted molar refractivity (Wildman–Crippen MR) is 183 cm³/mol. The van der Waals surface area contributed by atoms with E-state index < -0.39 is 12.2 Å². The average Bonchev–Trinajstić information content (AvgIpc) is 3.00. The van der Waals surface area contributed by atoms with Crippen molar-refractivity contribution in [3.05, 3.63) is 60.8 Å². The molecule has 0 bridgehead atoms. The molecule has 252 valence electrons. The number of hydrogen-bond acceptors (Lipinski definition) is 6. The van der Waals surface area contributed by atoms with Crippen LogP contribution >= 0.6 is 0 Å². The van der Waals surface area contributed by atoms with Crippen LogP contribution in [0.15, 0.2) is 60.8 Å². The van der Waals surface area contributed by atoms with Crippen LogP contribution < -0.4 is 0 Å². The van der Waals surface area contributed by atoms with Crippen molar-refractivity contribution in [3.8, 4) is 0 Å². The lowest BCUT2D eigenvalue weighted by Crippen LogP contribution is -2.25. The quantitative estimate of drug-likeness (QED) is 0.0377. The number of carbonyl (C=O) groups excluding carboxylic acids is 2. The maximum Gasteiger partial charge on any atom is 0.305 e. The summed E-state index contributed by atoms with van der Waals surface area (Å²) in [4.78, 5) is 23.8. The summed E-state index contributed by atoms with van der Waals surface area (Å²) in [5.74, 6) is 0.149. The van der Waals surface area contributed by atoms with Gasteiger partial charge in [0, 0.05) is 12.8 Å². The number of esters is 2. The van der Waals surface area contributed by atoms with Gasteiger partial charge in [-0.25, -0.2) is 0 Å². The largest absolute Gasteiger partial charge is 0.463 e. The van der Waals surface area contributed by atoms with Gasteiger partial charge in [-0.3, -0.25) is 9.59 Å². The van der Waals surface area contributed by atoms with E-state index >= 15 is 0 Å². The summed E-state index contributed by atoms with van der Waals surface area (Å²) in [6.07, 6.45) is 36.2. The summed E-state index contributed by atoms with van der Waals surface area (Å²) in [6, 6.07) is 0. The first kappa shape index (κ1) is 41.6. The first-order chi connectivity index (χ1) is 21.3. The van der Waals surface area contributed by atoms with Crippen molar-refractivity contribution in [2.75, 3.05) is 13.2 Å². The molecule has 2 atom stereocenters. The number of allylic oxidation sites excluding steroid dienone is 8. The highest BCUT2D eigenvalue weighted by Crippen LogP contribution is 2.13. The highest BCUT2D eigenvalue weighted by Gasteiger charge is 2.12. The zero-order valence-electron chi connectivity index (χ0n) is 28.2. The van der Waals surface area contributed by atoms with Gasteiger partial charge in [0.15, 0.2) is 0 Å². The molecule has 0 spiro atoms. The molecule has 0 radical (unpaired) electrons. The lowest BCUT2D eigenvalue weighted by atomic mass is 10.0. The summed E-state index contributed by atoms with van der Waals surface area (Å²) in [7, 11) is 0. The number of unbranched alkanes of at least 4 members (excludes halogenated alkanes) is 9. The fraction of sp³-hybridized carbons (Fsp3) is 0.684. The number of rotatable bonds is 29. The van der Waals surface area contributed by atoms with Crippen molar-refractivity contribution in [1.29, 1.82) is 0 Å². The predicted octanol–water partition coefficient (Wildman–Crippen LogP) is 9.27. The van der Waals surface area contributed by atoms with Gasteiger partial charge in [0.05, 0.1) is 6.10 Å². The summed E-state index contributed by atoms with van der Waals surface area (Å²) < 4.78 is 10.2. The van der Waals surface area contributed by atoms with Crippen molar-refractivity contribution in [2.45, 2.75) is 149 Å². The Morgan fingerprint density at radius 3 is 1.77 bits per heavy atom. The fourth-order valence-electron chi connectivity index (χ4n) is 4.38. The molecule has 2 N–H and O–H groups in total. The first-order valence-electron chi connectivity index (χ1n) is 17.3. The Morgan fingerprint density at radius 1 is 0.636 bits per heavy atom. The molecule has 0 aliphatic rings. The van der Waals surface area contributed by atoms with Gasteiger partial charge in [0.2, 0.25) is 0 Å². The molecular formula is C38H64O6. The molecule has 0 saturated carbocycles. The van der Waals surface area contributed by atoms with E-state index in [1.807, 2.05) is 37.3 Å². The van der Waals surface area contributed by atoms with Gasteiger partial charge in [-0.15, -0.1) is 0 Å². The van der Waals surface area contributed by atoms with E-state index in [4.69, 9.17) is 9.47 Å². The number of hydrogen-bond donors (Lipinski definition) is 2. The van der Waals surface area contributed by atoms with Crippen molar-refractivity contribution in [3.63, 3.8) is 0 Å². The Balaban J connectivity index is 3.63. The monoisotopic (exact) mass is 616 g/mol. The number of aliphatic hydroxyl groups excluding tert-OH is 2. The molecule has 0 aromatic heterocycles. The van der Waals surface area contributed by atoms with Crippen molar-refractivity contribution >= 4 is 11.9 Å². The molecule has 0 amide bonds. The SMILES string of the molecule is CC/C=C\C(O)C/C=C/C=C\C/C=C\C/C=C\CCCC(=O)OC[C@H](O)COC(=O)CCCCCCCCCCCC(C)C. The van der Waals surface area contributed by atoms with Gasteiger partial charge in [-0.2, -0.15) is 0 Å². The van der Waals surface area contributed by atoms with Gasteiger partial charge >= 0.3 is 11.9 Å². The molecule has 0 aromatic rings. The Hall–Kier alpha value is -2.44. The number of ether oxygens (including phenoxy) is 2. The standard InChI is InChI=1S/C38H64O6/c1-4-5-28-35(39)29-24-20-16-12-8-6-7-9-13-17-21-25-30-37(41)43-32-36(40)33-44-38(42)31-26-22-18-14-10-11-15-19-23-27-34(2)3/h5-7,12-13,16-17,20,24,28,34-36,39-40H,4,8-11,14-15,18-19,21-23,25-27,29-33H2,1-3H3/b7-6-,16-12-,17-13-,24-20+,28-5-/t35?,36-/m0/s1. The zero-order chi connectivity index (χ0) is 32.5. The summed E-state index contributed by atoms with van der Waals surface area (Å²) in [6.45, 7) is 6.30. The molecule has 6 nitrogen and oxygen atoms in total. The molecule has 0 aliphatic heterocycles. The minimum atomic E-state index is -0.998. The molecule has 0 heterocycles. The van der Waals surface area contributed by atoms with Crippen molar-refractivity contribution in [1.82, 2.24) is 0 Å². The van der Waals surface area contributed by atoms with Crippen LogP contribution in [0.5, 0.6) is 0 Å². The second-order valence-electron chi connectivity index (χ2n) is 11.9. The maximum absolute atomic E-state index is 11.9. The Kier molecular flexibility index (Phi) is 30.2. The lowest BCUT2D eigenvalue weighted by Gasteiger charge is -2.12. The minimum Gasteiger partial charge on any atom is -0.463 e. The van der Waals surface area contributed by atoms with E-state index in [-0.39, 0.29) is 31.6 Å². The number of aliphatic hydroxyl groups is 2. The molecule has 0 fully saturated rings. The summed E-state index contributed by atoms with van der Waals surface area (Å²) >= 11 is 0. The third-order valence-electron chi connectivity index (χ3n) is 7.02. The Morgan fingerprint density at radius 2 is 1.16 bits per heavy atom. The van der Waals surface area contributed by atoms with Gasteiger partial charge in [-0.05, 0) is 50.9 Å². The third kappa shape index (κ3) is 32.5. The van der Waals surface area contributed by atoms with Crippen molar-refractivity contribution < 1.29 is 29.3 Å². The topological polar surface area (TPSA) is 93.1 Å². The van der Waals surface area contributed by atoms with Crippen LogP contribution in [-0.2, 0) is 19.1 Å². The molecule has 44 heavy (non-hydrogen) atoms. The summed E-state index contributed by atoms with van der Waals surface area (Å²) in [5, 5.41) is 19.7. The molecule has 6 heteroatoms. The molecule has 1 unspecified atom stereocenters. The van der Waals surface area contributed by atoms with Crippen LogP contribution in [0, 0.1) is 5.92 Å². The van der Waals surface area contributed by atoms with Crippen LogP contribution in [-0.4, -0.2) is 47.6 Å². The van der Waals surface area contributed by atoms with E-state index in [9.17, 15) is 19.8 Å². The Labute approximate surface area is 269 Å². The summed E-state index contributed by atoms with van der Waals surface area (Å²) in [5.41, 5.74) is 0. The first-order valence-corrected chi connectivity index (χ1v) is 17.3. The van der Waals surface area contributed by atoms with Gasteiger partial charge in [0.1, 0.15) is 19.3 Å². The molecule has 0 saturated heterocycles. The normalized spacial score (nSPS) is 13.8. The maximum atomic E-state index is 11.9. The number of carbonyl (C=O) groups is 2. The van der Waals surface area contributed by atoms with Gasteiger partial charge in [-0.1, -0.05) is 139 Å². The second kappa shape index (κ2) is 32.0. The molecule has 0 rings (SSSR count). The molecule has 0 aromatic carbocycles. The van der Waals surface area contributed by atoms with Crippen LogP contribution in [0.3, 0.4) is 0 Å². The molecular weight excluding hydrogens is 552 g/mol. The molecule has 0 aliphatic carbocycles. The fourth-order valence-corrected chi connectivity index (χ4v) is 4.38. The van der Waals surface area contributed by atoms with E-state index in [1.165, 1.54) is 44.9 Å². The van der Waals surface area contributed by atoms with E-state index in [2.05, 4.69) is 44.2 Å². The van der Waals surface area contributed by atoms with Crippen LogP contribution in [0.2, 0.25) is 0 Å².